The van der Waals surface area contributed by atoms with Gasteiger partial charge >= 0.3 is 0 Å². The van der Waals surface area contributed by atoms with E-state index in [9.17, 15) is 9.18 Å². The van der Waals surface area contributed by atoms with Crippen LogP contribution < -0.4 is 10.2 Å². The van der Waals surface area contributed by atoms with Crippen LogP contribution in [-0.4, -0.2) is 48.7 Å². The number of nitrogens with one attached hydrogen (secondary N) is 1. The van der Waals surface area contributed by atoms with Crippen molar-refractivity contribution in [1.82, 2.24) is 10.1 Å². The van der Waals surface area contributed by atoms with Gasteiger partial charge in [0.05, 0.1) is 17.9 Å². The van der Waals surface area contributed by atoms with Crippen LogP contribution >= 0.6 is 0 Å². The fourth-order valence-corrected chi connectivity index (χ4v) is 2.66. The van der Waals surface area contributed by atoms with Gasteiger partial charge in [-0.15, -0.1) is 0 Å². The van der Waals surface area contributed by atoms with Gasteiger partial charge in [-0.05, 0) is 19.1 Å². The summed E-state index contributed by atoms with van der Waals surface area (Å²) in [6.07, 6.45) is 0. The molecule has 1 aromatic heterocycles. The van der Waals surface area contributed by atoms with Crippen LogP contribution in [0.5, 0.6) is 0 Å². The number of benzene rings is 1. The summed E-state index contributed by atoms with van der Waals surface area (Å²) in [5, 5.41) is 6.40. The lowest BCUT2D eigenvalue weighted by molar-refractivity contribution is -0.117. The number of hydrogen-bond donors (Lipinski definition) is 1. The van der Waals surface area contributed by atoms with Crippen molar-refractivity contribution in [2.24, 2.45) is 0 Å². The van der Waals surface area contributed by atoms with Crippen molar-refractivity contribution in [3.8, 4) is 0 Å². The van der Waals surface area contributed by atoms with Crippen LogP contribution in [0, 0.1) is 12.7 Å². The van der Waals surface area contributed by atoms with E-state index >= 15 is 0 Å². The fourth-order valence-electron chi connectivity index (χ4n) is 2.66. The predicted molar refractivity (Wildman–Crippen MR) is 84.9 cm³/mol. The van der Waals surface area contributed by atoms with Gasteiger partial charge in [0.1, 0.15) is 5.82 Å². The number of carbonyl (C=O) groups is 1. The fraction of sp³-hybridized carbons (Fsp3) is 0.375. The van der Waals surface area contributed by atoms with Crippen molar-refractivity contribution in [2.75, 3.05) is 42.9 Å². The molecule has 1 aliphatic rings. The van der Waals surface area contributed by atoms with Crippen LogP contribution in [0.2, 0.25) is 0 Å². The molecule has 0 aliphatic carbocycles. The zero-order valence-corrected chi connectivity index (χ0v) is 13.0. The number of anilines is 2. The largest absolute Gasteiger partial charge is 0.367 e. The second-order valence-electron chi connectivity index (χ2n) is 5.60. The molecule has 7 heteroatoms. The first-order valence-corrected chi connectivity index (χ1v) is 7.57. The number of nitrogens with zero attached hydrogens (tertiary/aromatic N) is 3. The molecule has 0 spiro atoms. The first kappa shape index (κ1) is 15.5. The van der Waals surface area contributed by atoms with Crippen molar-refractivity contribution >= 4 is 17.5 Å². The molecule has 122 valence electrons. The molecule has 1 aliphatic heterocycles. The maximum Gasteiger partial charge on any atom is 0.240 e. The maximum absolute atomic E-state index is 13.8. The van der Waals surface area contributed by atoms with Crippen molar-refractivity contribution in [3.05, 3.63) is 41.8 Å². The van der Waals surface area contributed by atoms with Crippen molar-refractivity contribution in [3.63, 3.8) is 0 Å². The van der Waals surface area contributed by atoms with Gasteiger partial charge in [0.15, 0.2) is 0 Å². The monoisotopic (exact) mass is 318 g/mol. The average molecular weight is 318 g/mol. The minimum absolute atomic E-state index is 0.138. The van der Waals surface area contributed by atoms with Gasteiger partial charge in [0.25, 0.3) is 0 Å². The Kier molecular flexibility index (Phi) is 4.57. The topological polar surface area (TPSA) is 61.6 Å². The number of aromatic nitrogens is 1. The van der Waals surface area contributed by atoms with E-state index in [4.69, 9.17) is 4.52 Å². The predicted octanol–water partition coefficient (Wildman–Crippen LogP) is 1.88. The Balaban J connectivity index is 1.49. The van der Waals surface area contributed by atoms with Gasteiger partial charge in [-0.2, -0.15) is 0 Å². The lowest BCUT2D eigenvalue weighted by Crippen LogP contribution is -2.48. The van der Waals surface area contributed by atoms with E-state index in [1.54, 1.807) is 25.1 Å². The van der Waals surface area contributed by atoms with Crippen LogP contribution in [0.25, 0.3) is 0 Å². The first-order chi connectivity index (χ1) is 11.1. The number of rotatable bonds is 4. The van der Waals surface area contributed by atoms with Gasteiger partial charge in [0, 0.05) is 32.2 Å². The molecule has 1 aromatic carbocycles. The third-order valence-corrected chi connectivity index (χ3v) is 3.82. The normalized spacial score (nSPS) is 15.7. The lowest BCUT2D eigenvalue weighted by atomic mass is 10.2. The summed E-state index contributed by atoms with van der Waals surface area (Å²) in [4.78, 5) is 16.0. The molecular weight excluding hydrogens is 299 g/mol. The minimum atomic E-state index is -0.209. The molecule has 1 amide bonds. The van der Waals surface area contributed by atoms with Gasteiger partial charge in [-0.25, -0.2) is 4.39 Å². The number of aryl methyl sites for hydroxylation is 1. The number of halogens is 1. The Morgan fingerprint density at radius 3 is 2.70 bits per heavy atom. The number of carbonyl (C=O) groups excluding carboxylic acids is 1. The van der Waals surface area contributed by atoms with Gasteiger partial charge in [-0.1, -0.05) is 17.3 Å². The molecule has 0 atom stereocenters. The average Bonchev–Trinajstić information content (AvgIpc) is 2.93. The Hall–Kier alpha value is -2.41. The molecule has 3 rings (SSSR count). The van der Waals surface area contributed by atoms with Gasteiger partial charge in [-0.3, -0.25) is 15.0 Å². The van der Waals surface area contributed by atoms with Gasteiger partial charge < -0.3 is 9.42 Å². The maximum atomic E-state index is 13.8. The van der Waals surface area contributed by atoms with Gasteiger partial charge in [0.2, 0.25) is 11.8 Å². The lowest BCUT2D eigenvalue weighted by Gasteiger charge is -2.35. The number of hydrogen-bond acceptors (Lipinski definition) is 5. The van der Waals surface area contributed by atoms with Crippen LogP contribution in [0.15, 0.2) is 34.9 Å². The highest BCUT2D eigenvalue weighted by Crippen LogP contribution is 2.20. The quantitative estimate of drug-likeness (QED) is 0.933. The minimum Gasteiger partial charge on any atom is -0.367 e. The highest BCUT2D eigenvalue weighted by atomic mass is 19.1. The van der Waals surface area contributed by atoms with E-state index in [1.807, 2.05) is 15.9 Å². The molecule has 0 saturated carbocycles. The molecule has 0 radical (unpaired) electrons. The molecular formula is C16H19FN4O2. The number of para-hydroxylation sites is 1. The Labute approximate surface area is 133 Å². The van der Waals surface area contributed by atoms with E-state index in [-0.39, 0.29) is 18.3 Å². The summed E-state index contributed by atoms with van der Waals surface area (Å²) < 4.78 is 18.8. The Morgan fingerprint density at radius 1 is 1.30 bits per heavy atom. The summed E-state index contributed by atoms with van der Waals surface area (Å²) in [7, 11) is 0. The highest BCUT2D eigenvalue weighted by Gasteiger charge is 2.21. The molecule has 6 nitrogen and oxygen atoms in total. The van der Waals surface area contributed by atoms with Crippen molar-refractivity contribution in [2.45, 2.75) is 6.92 Å². The third-order valence-electron chi connectivity index (χ3n) is 3.82. The molecule has 23 heavy (non-hydrogen) atoms. The molecule has 2 heterocycles. The summed E-state index contributed by atoms with van der Waals surface area (Å²) in [5.41, 5.74) is 1.34. The summed E-state index contributed by atoms with van der Waals surface area (Å²) in [5.74, 6) is 0.0115. The number of piperazine rings is 1. The zero-order chi connectivity index (χ0) is 16.2. The molecule has 1 fully saturated rings. The summed E-state index contributed by atoms with van der Waals surface area (Å²) >= 11 is 0. The van der Waals surface area contributed by atoms with E-state index in [0.29, 0.717) is 37.8 Å². The SMILES string of the molecule is Cc1cc(NC(=O)CN2CCN(c3ccccc3F)CC2)on1. The van der Waals surface area contributed by atoms with Crippen LogP contribution in [-0.2, 0) is 4.79 Å². The summed E-state index contributed by atoms with van der Waals surface area (Å²) in [6.45, 7) is 4.87. The van der Waals surface area contributed by atoms with E-state index in [2.05, 4.69) is 10.5 Å². The van der Waals surface area contributed by atoms with Crippen molar-refractivity contribution in [1.29, 1.82) is 0 Å². The van der Waals surface area contributed by atoms with Crippen LogP contribution in [0.4, 0.5) is 16.0 Å². The van der Waals surface area contributed by atoms with Crippen LogP contribution in [0.1, 0.15) is 5.69 Å². The Bertz CT molecular complexity index is 680. The van der Waals surface area contributed by atoms with E-state index in [1.165, 1.54) is 6.07 Å². The summed E-state index contributed by atoms with van der Waals surface area (Å²) in [6, 6.07) is 8.44. The smallest absolute Gasteiger partial charge is 0.240 e. The standard InChI is InChI=1S/C16H19FN4O2/c1-12-10-16(23-19-12)18-15(22)11-20-6-8-21(9-7-20)14-5-3-2-4-13(14)17/h2-5,10H,6-9,11H2,1H3,(H,18,22). The molecule has 2 aromatic rings. The van der Waals surface area contributed by atoms with E-state index in [0.717, 1.165) is 5.69 Å². The second-order valence-corrected chi connectivity index (χ2v) is 5.60. The highest BCUT2D eigenvalue weighted by molar-refractivity contribution is 5.90. The molecule has 1 saturated heterocycles. The number of amides is 1. The van der Waals surface area contributed by atoms with Crippen LogP contribution in [0.3, 0.4) is 0 Å². The van der Waals surface area contributed by atoms with E-state index < -0.39 is 0 Å². The third kappa shape index (κ3) is 3.87. The first-order valence-electron chi connectivity index (χ1n) is 7.57. The van der Waals surface area contributed by atoms with Crippen molar-refractivity contribution < 1.29 is 13.7 Å². The Morgan fingerprint density at radius 2 is 2.04 bits per heavy atom. The molecule has 0 bridgehead atoms. The molecule has 1 N–H and O–H groups in total. The molecule has 0 unspecified atom stereocenters. The zero-order valence-electron chi connectivity index (χ0n) is 13.0. The second kappa shape index (κ2) is 6.78.